The van der Waals surface area contributed by atoms with E-state index in [-0.39, 0.29) is 18.7 Å². The number of halogens is 3. The SMILES string of the molecule is O=C(NCC1CCNCC1)C1CCCC(C(F)(F)F)C1. The molecule has 1 aliphatic carbocycles. The summed E-state index contributed by atoms with van der Waals surface area (Å²) in [6.45, 7) is 2.52. The molecule has 0 radical (unpaired) electrons. The van der Waals surface area contributed by atoms with Crippen molar-refractivity contribution in [3.8, 4) is 0 Å². The first-order valence-corrected chi connectivity index (χ1v) is 7.52. The van der Waals surface area contributed by atoms with Gasteiger partial charge < -0.3 is 10.6 Å². The average molecular weight is 292 g/mol. The fourth-order valence-electron chi connectivity index (χ4n) is 3.20. The molecule has 2 atom stereocenters. The zero-order chi connectivity index (χ0) is 14.6. The predicted molar refractivity (Wildman–Crippen MR) is 70.1 cm³/mol. The third-order valence-corrected chi connectivity index (χ3v) is 4.53. The van der Waals surface area contributed by atoms with Crippen LogP contribution >= 0.6 is 0 Å². The third-order valence-electron chi connectivity index (χ3n) is 4.53. The molecule has 0 aromatic carbocycles. The number of hydrogen-bond acceptors (Lipinski definition) is 2. The lowest BCUT2D eigenvalue weighted by atomic mass is 9.80. The molecule has 0 spiro atoms. The lowest BCUT2D eigenvalue weighted by Gasteiger charge is -2.30. The van der Waals surface area contributed by atoms with Gasteiger partial charge in [-0.3, -0.25) is 4.79 Å². The Labute approximate surface area is 117 Å². The number of hydrogen-bond donors (Lipinski definition) is 2. The second kappa shape index (κ2) is 6.78. The van der Waals surface area contributed by atoms with Crippen LogP contribution < -0.4 is 10.6 Å². The standard InChI is InChI=1S/C14H23F3N2O/c15-14(16,17)12-3-1-2-11(8-12)13(20)19-9-10-4-6-18-7-5-10/h10-12,18H,1-9H2,(H,19,20). The second-order valence-corrected chi connectivity index (χ2v) is 6.04. The van der Waals surface area contributed by atoms with Crippen LogP contribution in [0, 0.1) is 17.8 Å². The van der Waals surface area contributed by atoms with Crippen molar-refractivity contribution >= 4 is 5.91 Å². The van der Waals surface area contributed by atoms with Crippen molar-refractivity contribution in [2.45, 2.75) is 44.7 Å². The van der Waals surface area contributed by atoms with Crippen molar-refractivity contribution < 1.29 is 18.0 Å². The van der Waals surface area contributed by atoms with Crippen molar-refractivity contribution in [1.82, 2.24) is 10.6 Å². The van der Waals surface area contributed by atoms with E-state index in [0.717, 1.165) is 25.9 Å². The zero-order valence-corrected chi connectivity index (χ0v) is 11.6. The van der Waals surface area contributed by atoms with Crippen LogP contribution in [-0.2, 0) is 4.79 Å². The molecule has 2 N–H and O–H groups in total. The van der Waals surface area contributed by atoms with Gasteiger partial charge in [0, 0.05) is 12.5 Å². The van der Waals surface area contributed by atoms with Gasteiger partial charge in [-0.1, -0.05) is 6.42 Å². The Morgan fingerprint density at radius 1 is 1.15 bits per heavy atom. The maximum Gasteiger partial charge on any atom is 0.391 e. The summed E-state index contributed by atoms with van der Waals surface area (Å²) in [5.41, 5.74) is 0. The van der Waals surface area contributed by atoms with Gasteiger partial charge in [-0.05, 0) is 51.1 Å². The summed E-state index contributed by atoms with van der Waals surface area (Å²) in [5, 5.41) is 6.11. The quantitative estimate of drug-likeness (QED) is 0.839. The van der Waals surface area contributed by atoms with Crippen LogP contribution in [-0.4, -0.2) is 31.7 Å². The first kappa shape index (κ1) is 15.6. The van der Waals surface area contributed by atoms with E-state index in [9.17, 15) is 18.0 Å². The average Bonchev–Trinajstić information content (AvgIpc) is 2.45. The van der Waals surface area contributed by atoms with E-state index in [2.05, 4.69) is 10.6 Å². The summed E-state index contributed by atoms with van der Waals surface area (Å²) in [6, 6.07) is 0. The van der Waals surface area contributed by atoms with Gasteiger partial charge in [-0.25, -0.2) is 0 Å². The highest BCUT2D eigenvalue weighted by Crippen LogP contribution is 2.39. The van der Waals surface area contributed by atoms with Gasteiger partial charge in [-0.15, -0.1) is 0 Å². The number of piperidine rings is 1. The number of amides is 1. The van der Waals surface area contributed by atoms with E-state index in [1.807, 2.05) is 0 Å². The minimum absolute atomic E-state index is 0.0401. The highest BCUT2D eigenvalue weighted by molar-refractivity contribution is 5.78. The van der Waals surface area contributed by atoms with Gasteiger partial charge in [0.05, 0.1) is 5.92 Å². The highest BCUT2D eigenvalue weighted by Gasteiger charge is 2.43. The third kappa shape index (κ3) is 4.36. The maximum atomic E-state index is 12.7. The molecule has 3 nitrogen and oxygen atoms in total. The smallest absolute Gasteiger partial charge is 0.356 e. The van der Waals surface area contributed by atoms with E-state index in [1.165, 1.54) is 0 Å². The number of nitrogens with one attached hydrogen (secondary N) is 2. The summed E-state index contributed by atoms with van der Waals surface area (Å²) < 4.78 is 38.1. The molecule has 1 amide bonds. The molecule has 2 aliphatic rings. The minimum Gasteiger partial charge on any atom is -0.356 e. The Hall–Kier alpha value is -0.780. The summed E-state index contributed by atoms with van der Waals surface area (Å²) in [7, 11) is 0. The molecular weight excluding hydrogens is 269 g/mol. The molecule has 1 aliphatic heterocycles. The first-order chi connectivity index (χ1) is 9.47. The van der Waals surface area contributed by atoms with E-state index in [0.29, 0.717) is 25.3 Å². The second-order valence-electron chi connectivity index (χ2n) is 6.04. The van der Waals surface area contributed by atoms with E-state index < -0.39 is 18.0 Å². The Morgan fingerprint density at radius 2 is 1.85 bits per heavy atom. The Balaban J connectivity index is 1.76. The number of carbonyl (C=O) groups excluding carboxylic acids is 1. The van der Waals surface area contributed by atoms with E-state index >= 15 is 0 Å². The van der Waals surface area contributed by atoms with Crippen LogP contribution in [0.4, 0.5) is 13.2 Å². The molecule has 1 saturated carbocycles. The van der Waals surface area contributed by atoms with Crippen LogP contribution in [0.2, 0.25) is 0 Å². The monoisotopic (exact) mass is 292 g/mol. The molecular formula is C14H23F3N2O. The van der Waals surface area contributed by atoms with Crippen molar-refractivity contribution in [3.05, 3.63) is 0 Å². The lowest BCUT2D eigenvalue weighted by molar-refractivity contribution is -0.186. The van der Waals surface area contributed by atoms with Crippen molar-refractivity contribution in [2.75, 3.05) is 19.6 Å². The Kier molecular flexibility index (Phi) is 5.29. The molecule has 1 saturated heterocycles. The molecule has 20 heavy (non-hydrogen) atoms. The molecule has 0 bridgehead atoms. The molecule has 116 valence electrons. The molecule has 2 rings (SSSR count). The van der Waals surface area contributed by atoms with Gasteiger partial charge in [0.2, 0.25) is 5.91 Å². The fraction of sp³-hybridized carbons (Fsp3) is 0.929. The summed E-state index contributed by atoms with van der Waals surface area (Å²) in [5.74, 6) is -1.48. The lowest BCUT2D eigenvalue weighted by Crippen LogP contribution is -2.41. The van der Waals surface area contributed by atoms with Crippen LogP contribution in [0.1, 0.15) is 38.5 Å². The summed E-state index contributed by atoms with van der Waals surface area (Å²) in [6.07, 6.45) is -0.899. The Morgan fingerprint density at radius 3 is 2.50 bits per heavy atom. The van der Waals surface area contributed by atoms with Crippen LogP contribution in [0.3, 0.4) is 0 Å². The van der Waals surface area contributed by atoms with E-state index in [4.69, 9.17) is 0 Å². The molecule has 0 aromatic rings. The van der Waals surface area contributed by atoms with Crippen molar-refractivity contribution in [3.63, 3.8) is 0 Å². The van der Waals surface area contributed by atoms with Gasteiger partial charge in [0.15, 0.2) is 0 Å². The molecule has 2 fully saturated rings. The first-order valence-electron chi connectivity index (χ1n) is 7.52. The number of carbonyl (C=O) groups is 1. The topological polar surface area (TPSA) is 41.1 Å². The van der Waals surface area contributed by atoms with Gasteiger partial charge in [0.1, 0.15) is 0 Å². The fourth-order valence-corrected chi connectivity index (χ4v) is 3.20. The highest BCUT2D eigenvalue weighted by atomic mass is 19.4. The van der Waals surface area contributed by atoms with Gasteiger partial charge in [-0.2, -0.15) is 13.2 Å². The molecule has 2 unspecified atom stereocenters. The summed E-state index contributed by atoms with van der Waals surface area (Å²) in [4.78, 5) is 12.0. The van der Waals surface area contributed by atoms with Crippen LogP contribution in [0.25, 0.3) is 0 Å². The normalized spacial score (nSPS) is 29.1. The molecule has 1 heterocycles. The Bertz CT molecular complexity index is 327. The predicted octanol–water partition coefficient (Wildman–Crippen LogP) is 2.47. The largest absolute Gasteiger partial charge is 0.391 e. The van der Waals surface area contributed by atoms with Crippen LogP contribution in [0.5, 0.6) is 0 Å². The molecule has 6 heteroatoms. The number of alkyl halides is 3. The zero-order valence-electron chi connectivity index (χ0n) is 11.6. The molecule has 0 aromatic heterocycles. The van der Waals surface area contributed by atoms with Gasteiger partial charge in [0.25, 0.3) is 0 Å². The number of rotatable bonds is 3. The minimum atomic E-state index is -4.16. The van der Waals surface area contributed by atoms with Crippen LogP contribution in [0.15, 0.2) is 0 Å². The summed E-state index contributed by atoms with van der Waals surface area (Å²) >= 11 is 0. The van der Waals surface area contributed by atoms with Crippen molar-refractivity contribution in [2.24, 2.45) is 17.8 Å². The van der Waals surface area contributed by atoms with E-state index in [1.54, 1.807) is 0 Å². The van der Waals surface area contributed by atoms with Crippen molar-refractivity contribution in [1.29, 1.82) is 0 Å². The van der Waals surface area contributed by atoms with Gasteiger partial charge >= 0.3 is 6.18 Å². The maximum absolute atomic E-state index is 12.7.